The zero-order valence-electron chi connectivity index (χ0n) is 12.5. The number of benzene rings is 1. The number of hydrogen-bond acceptors (Lipinski definition) is 3. The molecule has 0 radical (unpaired) electrons. The highest BCUT2D eigenvalue weighted by Crippen LogP contribution is 2.31. The number of carboxylic acids is 1. The van der Waals surface area contributed by atoms with Gasteiger partial charge in [-0.25, -0.2) is 14.2 Å². The summed E-state index contributed by atoms with van der Waals surface area (Å²) in [6.07, 6.45) is 5.78. The maximum atomic E-state index is 13.4. The molecule has 3 rings (SSSR count). The second kappa shape index (κ2) is 6.29. The Morgan fingerprint density at radius 2 is 2.09 bits per heavy atom. The van der Waals surface area contributed by atoms with Crippen LogP contribution in [0.25, 0.3) is 0 Å². The Balaban J connectivity index is 1.71. The van der Waals surface area contributed by atoms with E-state index in [1.165, 1.54) is 12.1 Å². The van der Waals surface area contributed by atoms with Gasteiger partial charge in [0.15, 0.2) is 0 Å². The van der Waals surface area contributed by atoms with Crippen molar-refractivity contribution in [3.63, 3.8) is 0 Å². The van der Waals surface area contributed by atoms with Gasteiger partial charge >= 0.3 is 5.97 Å². The first-order chi connectivity index (χ1) is 11.0. The van der Waals surface area contributed by atoms with E-state index in [9.17, 15) is 14.3 Å². The van der Waals surface area contributed by atoms with Gasteiger partial charge in [0, 0.05) is 37.1 Å². The number of halogens is 2. The van der Waals surface area contributed by atoms with Gasteiger partial charge in [-0.15, -0.1) is 0 Å². The topological polar surface area (TPSA) is 58.4 Å². The van der Waals surface area contributed by atoms with E-state index in [4.69, 9.17) is 11.6 Å². The monoisotopic (exact) mass is 337 g/mol. The summed E-state index contributed by atoms with van der Waals surface area (Å²) in [5.41, 5.74) is -0.160. The van der Waals surface area contributed by atoms with Crippen molar-refractivity contribution in [2.45, 2.75) is 24.9 Å². The van der Waals surface area contributed by atoms with Gasteiger partial charge in [-0.1, -0.05) is 11.6 Å². The van der Waals surface area contributed by atoms with Gasteiger partial charge in [-0.2, -0.15) is 0 Å². The molecule has 1 aliphatic heterocycles. The van der Waals surface area contributed by atoms with Crippen molar-refractivity contribution >= 4 is 17.6 Å². The number of nitrogens with zero attached hydrogens (tertiary/aromatic N) is 3. The molecule has 1 N–H and O–H groups in total. The van der Waals surface area contributed by atoms with E-state index in [0.717, 1.165) is 5.56 Å². The lowest BCUT2D eigenvalue weighted by Crippen LogP contribution is -2.50. The van der Waals surface area contributed by atoms with Crippen molar-refractivity contribution in [1.82, 2.24) is 14.5 Å². The van der Waals surface area contributed by atoms with Crippen LogP contribution < -0.4 is 0 Å². The SMILES string of the molecule is O=C(O)C1(n2ccnc2)CCN(Cc2cc(F)cc(Cl)c2)CC1. The van der Waals surface area contributed by atoms with Crippen LogP contribution in [0.1, 0.15) is 18.4 Å². The molecule has 0 spiro atoms. The number of hydrogen-bond donors (Lipinski definition) is 1. The third-order valence-electron chi connectivity index (χ3n) is 4.41. The van der Waals surface area contributed by atoms with E-state index in [0.29, 0.717) is 37.5 Å². The normalized spacial score (nSPS) is 18.0. The summed E-state index contributed by atoms with van der Waals surface area (Å²) in [5, 5.41) is 10.0. The van der Waals surface area contributed by atoms with Gasteiger partial charge in [0.1, 0.15) is 11.4 Å². The van der Waals surface area contributed by atoms with E-state index in [2.05, 4.69) is 9.88 Å². The molecule has 0 saturated carbocycles. The van der Waals surface area contributed by atoms with Gasteiger partial charge in [-0.05, 0) is 36.6 Å². The predicted octanol–water partition coefficient (Wildman–Crippen LogP) is 2.75. The molecule has 0 amide bonds. The molecule has 1 aromatic heterocycles. The number of rotatable bonds is 4. The molecule has 0 aliphatic carbocycles. The number of aromatic nitrogens is 2. The molecule has 1 aliphatic rings. The Kier molecular flexibility index (Phi) is 4.37. The van der Waals surface area contributed by atoms with Gasteiger partial charge in [0.2, 0.25) is 0 Å². The van der Waals surface area contributed by atoms with Gasteiger partial charge in [0.25, 0.3) is 0 Å². The zero-order valence-corrected chi connectivity index (χ0v) is 13.2. The van der Waals surface area contributed by atoms with E-state index < -0.39 is 11.5 Å². The first kappa shape index (κ1) is 16.0. The summed E-state index contributed by atoms with van der Waals surface area (Å²) >= 11 is 5.88. The van der Waals surface area contributed by atoms with Crippen LogP contribution in [0, 0.1) is 5.82 Å². The highest BCUT2D eigenvalue weighted by molar-refractivity contribution is 6.30. The van der Waals surface area contributed by atoms with Crippen LogP contribution in [0.4, 0.5) is 4.39 Å². The molecule has 0 unspecified atom stereocenters. The summed E-state index contributed by atoms with van der Waals surface area (Å²) in [4.78, 5) is 17.9. The predicted molar refractivity (Wildman–Crippen MR) is 83.8 cm³/mol. The Labute approximate surface area is 138 Å². The quantitative estimate of drug-likeness (QED) is 0.932. The number of piperidine rings is 1. The molecule has 2 aromatic rings. The smallest absolute Gasteiger partial charge is 0.330 e. The number of likely N-dealkylation sites (tertiary alicyclic amines) is 1. The van der Waals surface area contributed by atoms with E-state index in [1.807, 2.05) is 0 Å². The largest absolute Gasteiger partial charge is 0.479 e. The molecule has 2 heterocycles. The molecular formula is C16H17ClFN3O2. The number of imidazole rings is 1. The highest BCUT2D eigenvalue weighted by atomic mass is 35.5. The molecule has 1 fully saturated rings. The van der Waals surface area contributed by atoms with Crippen molar-refractivity contribution in [3.05, 3.63) is 53.3 Å². The highest BCUT2D eigenvalue weighted by Gasteiger charge is 2.42. The third kappa shape index (κ3) is 3.23. The third-order valence-corrected chi connectivity index (χ3v) is 4.63. The first-order valence-corrected chi connectivity index (χ1v) is 7.76. The Bertz CT molecular complexity index is 677. The maximum Gasteiger partial charge on any atom is 0.330 e. The second-order valence-electron chi connectivity index (χ2n) is 5.86. The average Bonchev–Trinajstić information content (AvgIpc) is 3.01. The van der Waals surface area contributed by atoms with Crippen LogP contribution in [0.15, 0.2) is 36.9 Å². The van der Waals surface area contributed by atoms with Gasteiger partial charge in [-0.3, -0.25) is 4.90 Å². The lowest BCUT2D eigenvalue weighted by molar-refractivity contribution is -0.150. The van der Waals surface area contributed by atoms with Crippen molar-refractivity contribution in [2.75, 3.05) is 13.1 Å². The van der Waals surface area contributed by atoms with E-state index >= 15 is 0 Å². The second-order valence-corrected chi connectivity index (χ2v) is 6.30. The maximum absolute atomic E-state index is 13.4. The molecule has 1 saturated heterocycles. The molecule has 1 aromatic carbocycles. The first-order valence-electron chi connectivity index (χ1n) is 7.39. The summed E-state index contributed by atoms with van der Waals surface area (Å²) in [6, 6.07) is 4.47. The van der Waals surface area contributed by atoms with Crippen LogP contribution in [0.3, 0.4) is 0 Å². The lowest BCUT2D eigenvalue weighted by Gasteiger charge is -2.39. The molecule has 0 atom stereocenters. The number of carboxylic acid groups (broad SMARTS) is 1. The molecule has 7 heteroatoms. The van der Waals surface area contributed by atoms with Crippen LogP contribution in [-0.2, 0) is 16.9 Å². The lowest BCUT2D eigenvalue weighted by atomic mass is 9.87. The van der Waals surface area contributed by atoms with Gasteiger partial charge < -0.3 is 9.67 Å². The summed E-state index contributed by atoms with van der Waals surface area (Å²) in [6.45, 7) is 1.77. The van der Waals surface area contributed by atoms with Gasteiger partial charge in [0.05, 0.1) is 6.33 Å². The summed E-state index contributed by atoms with van der Waals surface area (Å²) in [5.74, 6) is -1.20. The minimum Gasteiger partial charge on any atom is -0.479 e. The summed E-state index contributed by atoms with van der Waals surface area (Å²) in [7, 11) is 0. The van der Waals surface area contributed by atoms with Crippen molar-refractivity contribution in [1.29, 1.82) is 0 Å². The molecular weight excluding hydrogens is 321 g/mol. The van der Waals surface area contributed by atoms with Crippen LogP contribution in [0.2, 0.25) is 5.02 Å². The van der Waals surface area contributed by atoms with Crippen LogP contribution in [-0.4, -0.2) is 38.6 Å². The fourth-order valence-corrected chi connectivity index (χ4v) is 3.38. The molecule has 0 bridgehead atoms. The minimum absolute atomic E-state index is 0.359. The van der Waals surface area contributed by atoms with E-state index in [-0.39, 0.29) is 5.82 Å². The van der Waals surface area contributed by atoms with E-state index in [1.54, 1.807) is 29.4 Å². The fraction of sp³-hybridized carbons (Fsp3) is 0.375. The van der Waals surface area contributed by atoms with Crippen LogP contribution >= 0.6 is 11.6 Å². The average molecular weight is 338 g/mol. The number of aliphatic carboxylic acids is 1. The number of carbonyl (C=O) groups is 1. The minimum atomic E-state index is -0.952. The zero-order chi connectivity index (χ0) is 16.4. The molecule has 5 nitrogen and oxygen atoms in total. The Hall–Kier alpha value is -1.92. The van der Waals surface area contributed by atoms with Crippen molar-refractivity contribution in [2.24, 2.45) is 0 Å². The van der Waals surface area contributed by atoms with Crippen LogP contribution in [0.5, 0.6) is 0 Å². The van der Waals surface area contributed by atoms with Crippen molar-refractivity contribution < 1.29 is 14.3 Å². The fourth-order valence-electron chi connectivity index (χ4n) is 3.14. The Morgan fingerprint density at radius 3 is 2.65 bits per heavy atom. The molecule has 23 heavy (non-hydrogen) atoms. The standard InChI is InChI=1S/C16H17ClFN3O2/c17-13-7-12(8-14(18)9-13)10-20-4-1-16(2-5-20,15(22)23)21-6-3-19-11-21/h3,6-9,11H,1-2,4-5,10H2,(H,22,23). The molecule has 122 valence electrons. The van der Waals surface area contributed by atoms with Crippen molar-refractivity contribution in [3.8, 4) is 0 Å². The summed E-state index contributed by atoms with van der Waals surface area (Å²) < 4.78 is 15.1. The Morgan fingerprint density at radius 1 is 1.35 bits per heavy atom.